The largest absolute Gasteiger partial charge is 0.378 e. The van der Waals surface area contributed by atoms with Crippen molar-refractivity contribution in [3.8, 4) is 0 Å². The Morgan fingerprint density at radius 1 is 1.04 bits per heavy atom. The van der Waals surface area contributed by atoms with Crippen LogP contribution in [0.5, 0.6) is 0 Å². The van der Waals surface area contributed by atoms with Gasteiger partial charge < -0.3 is 15.0 Å². The molecule has 7 nitrogen and oxygen atoms in total. The third-order valence-electron chi connectivity index (χ3n) is 5.39. The van der Waals surface area contributed by atoms with Crippen molar-refractivity contribution in [2.24, 2.45) is 11.8 Å². The van der Waals surface area contributed by atoms with Gasteiger partial charge in [0.15, 0.2) is 0 Å². The van der Waals surface area contributed by atoms with Crippen molar-refractivity contribution in [3.63, 3.8) is 0 Å². The summed E-state index contributed by atoms with van der Waals surface area (Å²) in [7, 11) is -3.49. The van der Waals surface area contributed by atoms with Gasteiger partial charge in [0.2, 0.25) is 10.0 Å². The van der Waals surface area contributed by atoms with Crippen LogP contribution in [0.4, 0.5) is 0 Å². The van der Waals surface area contributed by atoms with E-state index in [-0.39, 0.29) is 10.8 Å². The van der Waals surface area contributed by atoms with Crippen LogP contribution < -0.4 is 5.32 Å². The number of hydrogen-bond donors (Lipinski definition) is 1. The molecular weight excluding hydrogens is 342 g/mol. The van der Waals surface area contributed by atoms with Gasteiger partial charge in [0, 0.05) is 31.7 Å². The van der Waals surface area contributed by atoms with Gasteiger partial charge >= 0.3 is 0 Å². The van der Waals surface area contributed by atoms with Gasteiger partial charge in [-0.05, 0) is 49.2 Å². The first-order valence-electron chi connectivity index (χ1n) is 8.73. The number of morpholine rings is 1. The summed E-state index contributed by atoms with van der Waals surface area (Å²) < 4.78 is 32.5. The Hall–Kier alpha value is -1.48. The van der Waals surface area contributed by atoms with Crippen LogP contribution in [-0.4, -0.2) is 76.0 Å². The van der Waals surface area contributed by atoms with Crippen molar-refractivity contribution >= 4 is 15.9 Å². The fourth-order valence-electron chi connectivity index (χ4n) is 3.88. The predicted octanol–water partition coefficient (Wildman–Crippen LogP) is -0.00110. The molecule has 3 aliphatic heterocycles. The van der Waals surface area contributed by atoms with E-state index in [1.165, 1.54) is 0 Å². The van der Waals surface area contributed by atoms with E-state index < -0.39 is 10.0 Å². The summed E-state index contributed by atoms with van der Waals surface area (Å²) in [5.41, 5.74) is 0.517. The number of sulfonamides is 1. The zero-order valence-electron chi connectivity index (χ0n) is 14.1. The first-order valence-corrected chi connectivity index (χ1v) is 10.2. The Labute approximate surface area is 148 Å². The Bertz CT molecular complexity index is 732. The summed E-state index contributed by atoms with van der Waals surface area (Å²) in [5, 5.41) is 3.31. The number of nitrogens with one attached hydrogen (secondary N) is 1. The van der Waals surface area contributed by atoms with Crippen LogP contribution in [-0.2, 0) is 14.8 Å². The molecule has 4 rings (SSSR count). The Morgan fingerprint density at radius 2 is 1.64 bits per heavy atom. The van der Waals surface area contributed by atoms with Gasteiger partial charge in [-0.25, -0.2) is 8.42 Å². The van der Waals surface area contributed by atoms with Crippen LogP contribution in [0.2, 0.25) is 0 Å². The fraction of sp³-hybridized carbons (Fsp3) is 0.588. The minimum Gasteiger partial charge on any atom is -0.378 e. The van der Waals surface area contributed by atoms with Gasteiger partial charge in [0.25, 0.3) is 5.91 Å². The van der Waals surface area contributed by atoms with Gasteiger partial charge in [-0.2, -0.15) is 4.31 Å². The minimum atomic E-state index is -3.49. The van der Waals surface area contributed by atoms with Crippen LogP contribution in [0.1, 0.15) is 10.4 Å². The molecule has 0 unspecified atom stereocenters. The maximum atomic E-state index is 12.8. The lowest BCUT2D eigenvalue weighted by molar-refractivity contribution is 0.0303. The molecule has 136 valence electrons. The average Bonchev–Trinajstić information content (AvgIpc) is 3.24. The summed E-state index contributed by atoms with van der Waals surface area (Å²) >= 11 is 0. The Balaban J connectivity index is 1.48. The zero-order chi connectivity index (χ0) is 17.4. The van der Waals surface area contributed by atoms with Crippen molar-refractivity contribution < 1.29 is 17.9 Å². The maximum absolute atomic E-state index is 12.8. The third kappa shape index (κ3) is 3.19. The van der Waals surface area contributed by atoms with Gasteiger partial charge in [-0.3, -0.25) is 4.79 Å². The van der Waals surface area contributed by atoms with E-state index in [1.807, 2.05) is 0 Å². The lowest BCUT2D eigenvalue weighted by atomic mass is 10.0. The molecule has 3 aliphatic rings. The van der Waals surface area contributed by atoms with E-state index in [9.17, 15) is 13.2 Å². The number of ether oxygens (including phenoxy) is 1. The third-order valence-corrected chi connectivity index (χ3v) is 7.24. The van der Waals surface area contributed by atoms with E-state index in [0.29, 0.717) is 56.8 Å². The number of rotatable bonds is 3. The van der Waals surface area contributed by atoms with E-state index >= 15 is 0 Å². The highest BCUT2D eigenvalue weighted by Gasteiger charge is 2.41. The second kappa shape index (κ2) is 6.68. The zero-order valence-corrected chi connectivity index (χ0v) is 14.9. The molecule has 0 radical (unpaired) electrons. The maximum Gasteiger partial charge on any atom is 0.254 e. The van der Waals surface area contributed by atoms with E-state index in [4.69, 9.17) is 4.74 Å². The minimum absolute atomic E-state index is 0.0750. The highest BCUT2D eigenvalue weighted by atomic mass is 32.2. The van der Waals surface area contributed by atoms with Crippen LogP contribution in [0.25, 0.3) is 0 Å². The van der Waals surface area contributed by atoms with Crippen molar-refractivity contribution in [2.75, 3.05) is 52.5 Å². The number of hydrogen-bond acceptors (Lipinski definition) is 5. The molecule has 1 N–H and O–H groups in total. The molecule has 0 saturated carbocycles. The number of carbonyl (C=O) groups excluding carboxylic acids is 1. The molecule has 3 saturated heterocycles. The molecule has 1 amide bonds. The molecule has 25 heavy (non-hydrogen) atoms. The Morgan fingerprint density at radius 3 is 2.24 bits per heavy atom. The highest BCUT2D eigenvalue weighted by Crippen LogP contribution is 2.30. The fourth-order valence-corrected chi connectivity index (χ4v) is 5.43. The first-order chi connectivity index (χ1) is 12.1. The lowest BCUT2D eigenvalue weighted by Gasteiger charge is -2.27. The monoisotopic (exact) mass is 365 g/mol. The van der Waals surface area contributed by atoms with Crippen molar-refractivity contribution in [3.05, 3.63) is 29.8 Å². The molecule has 1 aromatic carbocycles. The normalized spacial score (nSPS) is 27.4. The van der Waals surface area contributed by atoms with E-state index in [1.54, 1.807) is 33.5 Å². The predicted molar refractivity (Wildman–Crippen MR) is 91.8 cm³/mol. The molecule has 3 fully saturated rings. The molecule has 0 bridgehead atoms. The smallest absolute Gasteiger partial charge is 0.254 e. The highest BCUT2D eigenvalue weighted by molar-refractivity contribution is 7.89. The van der Waals surface area contributed by atoms with Gasteiger partial charge in [-0.15, -0.1) is 0 Å². The second-order valence-corrected chi connectivity index (χ2v) is 8.87. The van der Waals surface area contributed by atoms with Crippen LogP contribution in [0.3, 0.4) is 0 Å². The number of benzene rings is 1. The number of carbonyl (C=O) groups is 1. The number of nitrogens with zero attached hydrogens (tertiary/aromatic N) is 2. The van der Waals surface area contributed by atoms with Gasteiger partial charge in [0.1, 0.15) is 0 Å². The van der Waals surface area contributed by atoms with Crippen molar-refractivity contribution in [1.82, 2.24) is 14.5 Å². The number of amides is 1. The summed E-state index contributed by atoms with van der Waals surface area (Å²) in [5.74, 6) is 0.753. The molecule has 1 aromatic rings. The quantitative estimate of drug-likeness (QED) is 0.816. The van der Waals surface area contributed by atoms with Crippen LogP contribution in [0.15, 0.2) is 29.2 Å². The lowest BCUT2D eigenvalue weighted by Crippen LogP contribution is -2.40. The average molecular weight is 365 g/mol. The van der Waals surface area contributed by atoms with Crippen LogP contribution in [0, 0.1) is 11.8 Å². The van der Waals surface area contributed by atoms with E-state index in [0.717, 1.165) is 13.1 Å². The van der Waals surface area contributed by atoms with Gasteiger partial charge in [0.05, 0.1) is 18.1 Å². The first kappa shape index (κ1) is 17.0. The SMILES string of the molecule is O=C(c1ccc(S(=O)(=O)N2C[C@H]3CNC[C@H]3C2)cc1)N1CCOCC1. The summed E-state index contributed by atoms with van der Waals surface area (Å²) in [6, 6.07) is 6.33. The Kier molecular flexibility index (Phi) is 4.53. The number of fused-ring (bicyclic) bond motifs is 1. The molecule has 2 atom stereocenters. The van der Waals surface area contributed by atoms with E-state index in [2.05, 4.69) is 5.32 Å². The summed E-state index contributed by atoms with van der Waals surface area (Å²) in [4.78, 5) is 14.5. The van der Waals surface area contributed by atoms with Crippen molar-refractivity contribution in [2.45, 2.75) is 4.90 Å². The topological polar surface area (TPSA) is 79.0 Å². The van der Waals surface area contributed by atoms with Crippen LogP contribution >= 0.6 is 0 Å². The molecule has 3 heterocycles. The molecular formula is C17H23N3O4S. The second-order valence-electron chi connectivity index (χ2n) is 6.93. The summed E-state index contributed by atoms with van der Waals surface area (Å²) in [6.45, 7) is 5.18. The molecule has 0 spiro atoms. The summed E-state index contributed by atoms with van der Waals surface area (Å²) in [6.07, 6.45) is 0. The van der Waals surface area contributed by atoms with Crippen molar-refractivity contribution in [1.29, 1.82) is 0 Å². The molecule has 8 heteroatoms. The molecule has 0 aliphatic carbocycles. The van der Waals surface area contributed by atoms with Gasteiger partial charge in [-0.1, -0.05) is 0 Å². The standard InChI is InChI=1S/C17H23N3O4S/c21-17(19-5-7-24-8-6-19)13-1-3-16(4-2-13)25(22,23)20-11-14-9-18-10-15(14)12-20/h1-4,14-15,18H,5-12H2/t14-,15+. The molecule has 0 aromatic heterocycles.